The van der Waals surface area contributed by atoms with Crippen molar-refractivity contribution in [3.05, 3.63) is 24.3 Å². The van der Waals surface area contributed by atoms with Crippen LogP contribution in [0.5, 0.6) is 5.75 Å². The molecule has 0 unspecified atom stereocenters. The molecule has 2 amide bonds. The number of hydrogen-bond donors (Lipinski definition) is 1. The monoisotopic (exact) mass is 345 g/mol. The summed E-state index contributed by atoms with van der Waals surface area (Å²) in [6.07, 6.45) is 5.14. The molecule has 6 heteroatoms. The number of benzene rings is 1. The maximum Gasteiger partial charge on any atom is 0.239 e. The number of carbonyl (C=O) groups is 2. The predicted octanol–water partition coefficient (Wildman–Crippen LogP) is 2.11. The Labute approximate surface area is 149 Å². The van der Waals surface area contributed by atoms with Gasteiger partial charge in [-0.25, -0.2) is 0 Å². The van der Waals surface area contributed by atoms with Gasteiger partial charge in [-0.15, -0.1) is 0 Å². The minimum atomic E-state index is -0.145. The Kier molecular flexibility index (Phi) is 5.91. The number of rotatable bonds is 5. The zero-order valence-electron chi connectivity index (χ0n) is 14.9. The highest BCUT2D eigenvalue weighted by atomic mass is 16.5. The van der Waals surface area contributed by atoms with E-state index in [2.05, 4.69) is 5.32 Å². The highest BCUT2D eigenvalue weighted by Crippen LogP contribution is 2.21. The summed E-state index contributed by atoms with van der Waals surface area (Å²) in [6, 6.07) is 7.12. The van der Waals surface area contributed by atoms with Gasteiger partial charge in [-0.2, -0.15) is 0 Å². The van der Waals surface area contributed by atoms with Gasteiger partial charge in [-0.05, 0) is 56.5 Å². The first-order valence-corrected chi connectivity index (χ1v) is 9.14. The first kappa shape index (κ1) is 17.7. The lowest BCUT2D eigenvalue weighted by Crippen LogP contribution is -2.52. The van der Waals surface area contributed by atoms with Gasteiger partial charge in [0.05, 0.1) is 19.7 Å². The normalized spacial score (nSPS) is 21.2. The first-order chi connectivity index (χ1) is 12.2. The van der Waals surface area contributed by atoms with Gasteiger partial charge in [0.15, 0.2) is 0 Å². The molecule has 2 saturated heterocycles. The van der Waals surface area contributed by atoms with Crippen molar-refractivity contribution in [2.45, 2.75) is 38.1 Å². The van der Waals surface area contributed by atoms with Crippen LogP contribution in [0.1, 0.15) is 32.1 Å². The molecule has 0 spiro atoms. The number of piperidine rings is 1. The lowest BCUT2D eigenvalue weighted by molar-refractivity contribution is -0.137. The number of nitrogens with zero attached hydrogens (tertiary/aromatic N) is 2. The maximum atomic E-state index is 12.8. The van der Waals surface area contributed by atoms with Crippen molar-refractivity contribution in [3.8, 4) is 5.75 Å². The molecule has 2 fully saturated rings. The van der Waals surface area contributed by atoms with Crippen molar-refractivity contribution in [1.82, 2.24) is 9.80 Å². The Morgan fingerprint density at radius 3 is 2.44 bits per heavy atom. The van der Waals surface area contributed by atoms with E-state index < -0.39 is 0 Å². The molecular formula is C19H27N3O3. The van der Waals surface area contributed by atoms with E-state index in [9.17, 15) is 9.59 Å². The quantitative estimate of drug-likeness (QED) is 0.888. The number of likely N-dealkylation sites (tertiary alicyclic amines) is 2. The Balaban J connectivity index is 1.58. The number of anilines is 1. The van der Waals surface area contributed by atoms with E-state index in [4.69, 9.17) is 4.74 Å². The van der Waals surface area contributed by atoms with Gasteiger partial charge in [0, 0.05) is 18.8 Å². The van der Waals surface area contributed by atoms with Crippen molar-refractivity contribution in [2.24, 2.45) is 0 Å². The number of amides is 2. The highest BCUT2D eigenvalue weighted by Gasteiger charge is 2.33. The molecule has 2 aliphatic rings. The van der Waals surface area contributed by atoms with Gasteiger partial charge in [-0.1, -0.05) is 6.42 Å². The average molecular weight is 345 g/mol. The second kappa shape index (κ2) is 8.34. The van der Waals surface area contributed by atoms with Crippen LogP contribution < -0.4 is 10.1 Å². The van der Waals surface area contributed by atoms with Crippen molar-refractivity contribution in [1.29, 1.82) is 0 Å². The fourth-order valence-electron chi connectivity index (χ4n) is 3.67. The predicted molar refractivity (Wildman–Crippen MR) is 96.6 cm³/mol. The summed E-state index contributed by atoms with van der Waals surface area (Å²) >= 11 is 0. The van der Waals surface area contributed by atoms with Gasteiger partial charge in [0.2, 0.25) is 11.8 Å². The number of hydrogen-bond acceptors (Lipinski definition) is 4. The summed E-state index contributed by atoms with van der Waals surface area (Å²) in [5.41, 5.74) is 0.741. The molecule has 1 N–H and O–H groups in total. The summed E-state index contributed by atoms with van der Waals surface area (Å²) in [6.45, 7) is 2.79. The standard InChI is InChI=1S/C19H27N3O3/c1-25-16-9-7-15(8-10-16)20-18(23)14-22-13-3-2-6-17(22)19(24)21-11-4-5-12-21/h7-10,17H,2-6,11-14H2,1H3,(H,20,23)/t17-/m1/s1. The van der Waals surface area contributed by atoms with Crippen LogP contribution in [-0.2, 0) is 9.59 Å². The SMILES string of the molecule is COc1ccc(NC(=O)CN2CCCC[C@@H]2C(=O)N2CCCC2)cc1. The molecule has 0 saturated carbocycles. The highest BCUT2D eigenvalue weighted by molar-refractivity contribution is 5.93. The van der Waals surface area contributed by atoms with E-state index >= 15 is 0 Å². The molecule has 25 heavy (non-hydrogen) atoms. The van der Waals surface area contributed by atoms with Crippen molar-refractivity contribution in [3.63, 3.8) is 0 Å². The zero-order chi connectivity index (χ0) is 17.6. The smallest absolute Gasteiger partial charge is 0.239 e. The van der Waals surface area contributed by atoms with Crippen molar-refractivity contribution >= 4 is 17.5 Å². The van der Waals surface area contributed by atoms with Gasteiger partial charge < -0.3 is 15.0 Å². The Bertz CT molecular complexity index is 596. The van der Waals surface area contributed by atoms with Crippen LogP contribution in [0, 0.1) is 0 Å². The number of nitrogens with one attached hydrogen (secondary N) is 1. The molecule has 6 nitrogen and oxygen atoms in total. The minimum absolute atomic E-state index is 0.0775. The largest absolute Gasteiger partial charge is 0.497 e. The molecule has 1 atom stereocenters. The molecule has 0 aliphatic carbocycles. The number of methoxy groups -OCH3 is 1. The van der Waals surface area contributed by atoms with Crippen LogP contribution >= 0.6 is 0 Å². The molecule has 0 aromatic heterocycles. The van der Waals surface area contributed by atoms with Gasteiger partial charge in [0.25, 0.3) is 0 Å². The fraction of sp³-hybridized carbons (Fsp3) is 0.579. The van der Waals surface area contributed by atoms with Crippen LogP contribution in [0.4, 0.5) is 5.69 Å². The van der Waals surface area contributed by atoms with Gasteiger partial charge in [0.1, 0.15) is 5.75 Å². The fourth-order valence-corrected chi connectivity index (χ4v) is 3.67. The first-order valence-electron chi connectivity index (χ1n) is 9.14. The summed E-state index contributed by atoms with van der Waals surface area (Å²) < 4.78 is 5.12. The van der Waals surface area contributed by atoms with Crippen LogP contribution in [0.25, 0.3) is 0 Å². The second-order valence-electron chi connectivity index (χ2n) is 6.79. The van der Waals surface area contributed by atoms with Crippen molar-refractivity contribution < 1.29 is 14.3 Å². The summed E-state index contributed by atoms with van der Waals surface area (Å²) in [5, 5.41) is 2.91. The van der Waals surface area contributed by atoms with Crippen LogP contribution in [0.3, 0.4) is 0 Å². The summed E-state index contributed by atoms with van der Waals surface area (Å²) in [4.78, 5) is 29.2. The van der Waals surface area contributed by atoms with E-state index in [0.717, 1.165) is 63.2 Å². The third kappa shape index (κ3) is 4.51. The molecule has 136 valence electrons. The molecule has 2 heterocycles. The third-order valence-corrected chi connectivity index (χ3v) is 5.04. The minimum Gasteiger partial charge on any atom is -0.497 e. The van der Waals surface area contributed by atoms with Crippen molar-refractivity contribution in [2.75, 3.05) is 38.6 Å². The van der Waals surface area contributed by atoms with Gasteiger partial charge >= 0.3 is 0 Å². The van der Waals surface area contributed by atoms with Crippen LogP contribution in [0.2, 0.25) is 0 Å². The van der Waals surface area contributed by atoms with Crippen LogP contribution in [0.15, 0.2) is 24.3 Å². The van der Waals surface area contributed by atoms with E-state index in [-0.39, 0.29) is 24.4 Å². The van der Waals surface area contributed by atoms with Crippen LogP contribution in [-0.4, -0.2) is 60.9 Å². The average Bonchev–Trinajstić information content (AvgIpc) is 3.17. The van der Waals surface area contributed by atoms with E-state index in [0.29, 0.717) is 0 Å². The Hall–Kier alpha value is -2.08. The lowest BCUT2D eigenvalue weighted by atomic mass is 10.0. The van der Waals surface area contributed by atoms with E-state index in [1.165, 1.54) is 0 Å². The maximum absolute atomic E-state index is 12.8. The molecule has 1 aromatic rings. The molecule has 0 radical (unpaired) electrons. The summed E-state index contributed by atoms with van der Waals surface area (Å²) in [5.74, 6) is 0.881. The number of carbonyl (C=O) groups excluding carboxylic acids is 2. The topological polar surface area (TPSA) is 61.9 Å². The Morgan fingerprint density at radius 2 is 1.76 bits per heavy atom. The second-order valence-corrected chi connectivity index (χ2v) is 6.79. The van der Waals surface area contributed by atoms with E-state index in [1.54, 1.807) is 7.11 Å². The summed E-state index contributed by atoms with van der Waals surface area (Å²) in [7, 11) is 1.61. The van der Waals surface area contributed by atoms with Gasteiger partial charge in [-0.3, -0.25) is 14.5 Å². The number of ether oxygens (including phenoxy) is 1. The molecule has 3 rings (SSSR count). The van der Waals surface area contributed by atoms with E-state index in [1.807, 2.05) is 34.1 Å². The molecule has 0 bridgehead atoms. The molecule has 2 aliphatic heterocycles. The zero-order valence-corrected chi connectivity index (χ0v) is 14.9. The lowest BCUT2D eigenvalue weighted by Gasteiger charge is -2.36. The third-order valence-electron chi connectivity index (χ3n) is 5.04. The molecule has 1 aromatic carbocycles. The molecular weight excluding hydrogens is 318 g/mol. The Morgan fingerprint density at radius 1 is 1.08 bits per heavy atom.